The number of hydrogen-bond donors (Lipinski definition) is 2. The lowest BCUT2D eigenvalue weighted by atomic mass is 10.0. The maximum Gasteiger partial charge on any atom is 0.191 e. The third kappa shape index (κ3) is 4.49. The van der Waals surface area contributed by atoms with Gasteiger partial charge in [0.1, 0.15) is 0 Å². The number of benzene rings is 1. The quantitative estimate of drug-likeness (QED) is 0.654. The lowest BCUT2D eigenvalue weighted by Crippen LogP contribution is -2.45. The lowest BCUT2D eigenvalue weighted by Gasteiger charge is -2.24. The smallest absolute Gasteiger partial charge is 0.191 e. The van der Waals surface area contributed by atoms with Gasteiger partial charge in [-0.2, -0.15) is 0 Å². The molecular formula is C15H22BrN3O. The fourth-order valence-electron chi connectivity index (χ4n) is 2.26. The second kappa shape index (κ2) is 7.09. The van der Waals surface area contributed by atoms with Crippen LogP contribution in [0.3, 0.4) is 0 Å². The maximum atomic E-state index is 5.76. The van der Waals surface area contributed by atoms with Crippen LogP contribution >= 0.6 is 15.9 Å². The third-order valence-electron chi connectivity index (χ3n) is 3.53. The molecule has 2 rings (SSSR count). The van der Waals surface area contributed by atoms with Gasteiger partial charge >= 0.3 is 0 Å². The van der Waals surface area contributed by atoms with E-state index >= 15 is 0 Å². The molecule has 2 N–H and O–H groups in total. The van der Waals surface area contributed by atoms with E-state index in [1.54, 1.807) is 7.05 Å². The van der Waals surface area contributed by atoms with Gasteiger partial charge in [0.2, 0.25) is 0 Å². The highest BCUT2D eigenvalue weighted by Gasteiger charge is 2.29. The molecule has 1 aromatic carbocycles. The zero-order valence-electron chi connectivity index (χ0n) is 12.1. The number of guanidine groups is 1. The van der Waals surface area contributed by atoms with Gasteiger partial charge in [0.15, 0.2) is 5.96 Å². The van der Waals surface area contributed by atoms with Crippen LogP contribution in [0.15, 0.2) is 33.7 Å². The highest BCUT2D eigenvalue weighted by Crippen LogP contribution is 2.23. The van der Waals surface area contributed by atoms with Crippen molar-refractivity contribution in [3.8, 4) is 0 Å². The molecule has 1 saturated heterocycles. The number of hydrogen-bond acceptors (Lipinski definition) is 2. The molecule has 1 aromatic rings. The van der Waals surface area contributed by atoms with Crippen LogP contribution in [0.25, 0.3) is 0 Å². The number of nitrogens with one attached hydrogen (secondary N) is 2. The Bertz CT molecular complexity index is 453. The van der Waals surface area contributed by atoms with E-state index in [2.05, 4.69) is 50.6 Å². The van der Waals surface area contributed by atoms with Gasteiger partial charge in [-0.1, -0.05) is 28.1 Å². The Labute approximate surface area is 129 Å². The van der Waals surface area contributed by atoms with Crippen molar-refractivity contribution in [3.05, 3.63) is 34.3 Å². The van der Waals surface area contributed by atoms with E-state index in [0.717, 1.165) is 43.0 Å². The van der Waals surface area contributed by atoms with Crippen LogP contribution in [0.4, 0.5) is 0 Å². The largest absolute Gasteiger partial charge is 0.373 e. The van der Waals surface area contributed by atoms with Crippen molar-refractivity contribution in [1.82, 2.24) is 10.6 Å². The van der Waals surface area contributed by atoms with Crippen LogP contribution < -0.4 is 10.6 Å². The first-order valence-electron chi connectivity index (χ1n) is 6.94. The van der Waals surface area contributed by atoms with E-state index in [1.165, 1.54) is 5.56 Å². The highest BCUT2D eigenvalue weighted by atomic mass is 79.9. The van der Waals surface area contributed by atoms with E-state index in [-0.39, 0.29) is 5.60 Å². The zero-order chi connectivity index (χ0) is 14.4. The minimum absolute atomic E-state index is 0.0603. The Kier molecular flexibility index (Phi) is 5.43. The predicted octanol–water partition coefficient (Wildman–Crippen LogP) is 2.68. The molecular weight excluding hydrogens is 318 g/mol. The number of rotatable bonds is 4. The summed E-state index contributed by atoms with van der Waals surface area (Å²) < 4.78 is 6.85. The zero-order valence-corrected chi connectivity index (χ0v) is 13.7. The summed E-state index contributed by atoms with van der Waals surface area (Å²) in [6.45, 7) is 4.55. The highest BCUT2D eigenvalue weighted by molar-refractivity contribution is 9.10. The van der Waals surface area contributed by atoms with Gasteiger partial charge in [-0.15, -0.1) is 0 Å². The Morgan fingerprint density at radius 3 is 2.70 bits per heavy atom. The summed E-state index contributed by atoms with van der Waals surface area (Å²) in [5.74, 6) is 0.810. The number of aliphatic imine (C=N–C) groups is 1. The lowest BCUT2D eigenvalue weighted by molar-refractivity contribution is 0.0243. The topological polar surface area (TPSA) is 45.7 Å². The van der Waals surface area contributed by atoms with Gasteiger partial charge in [0.25, 0.3) is 0 Å². The SMILES string of the molecule is CN=C(NCc1ccc(Br)cc1)NCC1(C)CCCO1. The Hall–Kier alpha value is -1.07. The normalized spacial score (nSPS) is 22.9. The summed E-state index contributed by atoms with van der Waals surface area (Å²) >= 11 is 3.44. The van der Waals surface area contributed by atoms with E-state index in [4.69, 9.17) is 4.74 Å². The fourth-order valence-corrected chi connectivity index (χ4v) is 2.52. The maximum absolute atomic E-state index is 5.76. The van der Waals surface area contributed by atoms with Gasteiger partial charge in [-0.25, -0.2) is 0 Å². The van der Waals surface area contributed by atoms with Crippen LogP contribution in [0.5, 0.6) is 0 Å². The summed E-state index contributed by atoms with van der Waals surface area (Å²) in [7, 11) is 1.79. The molecule has 0 spiro atoms. The number of ether oxygens (including phenoxy) is 1. The van der Waals surface area contributed by atoms with Crippen LogP contribution in [0.1, 0.15) is 25.3 Å². The minimum atomic E-state index is -0.0603. The summed E-state index contributed by atoms with van der Waals surface area (Å²) in [6.07, 6.45) is 2.24. The molecule has 1 aliphatic heterocycles. The fraction of sp³-hybridized carbons (Fsp3) is 0.533. The first kappa shape index (κ1) is 15.3. The molecule has 5 heteroatoms. The number of nitrogens with zero attached hydrogens (tertiary/aromatic N) is 1. The summed E-state index contributed by atoms with van der Waals surface area (Å²) in [5, 5.41) is 6.65. The molecule has 0 amide bonds. The Morgan fingerprint density at radius 2 is 2.10 bits per heavy atom. The number of halogens is 1. The van der Waals surface area contributed by atoms with Crippen molar-refractivity contribution >= 4 is 21.9 Å². The van der Waals surface area contributed by atoms with Crippen molar-refractivity contribution in [1.29, 1.82) is 0 Å². The molecule has 0 aromatic heterocycles. The first-order valence-corrected chi connectivity index (χ1v) is 7.73. The van der Waals surface area contributed by atoms with Crippen molar-refractivity contribution in [2.75, 3.05) is 20.2 Å². The van der Waals surface area contributed by atoms with Gasteiger partial charge in [-0.05, 0) is 37.5 Å². The molecule has 1 atom stereocenters. The van der Waals surface area contributed by atoms with E-state index < -0.39 is 0 Å². The third-order valence-corrected chi connectivity index (χ3v) is 4.06. The Morgan fingerprint density at radius 1 is 1.35 bits per heavy atom. The van der Waals surface area contributed by atoms with Crippen LogP contribution in [-0.2, 0) is 11.3 Å². The monoisotopic (exact) mass is 339 g/mol. The predicted molar refractivity (Wildman–Crippen MR) is 85.9 cm³/mol. The van der Waals surface area contributed by atoms with Gasteiger partial charge in [0.05, 0.1) is 5.60 Å². The molecule has 4 nitrogen and oxygen atoms in total. The van der Waals surface area contributed by atoms with Gasteiger partial charge < -0.3 is 15.4 Å². The molecule has 110 valence electrons. The first-order chi connectivity index (χ1) is 9.61. The van der Waals surface area contributed by atoms with Crippen molar-refractivity contribution < 1.29 is 4.74 Å². The van der Waals surface area contributed by atoms with Crippen molar-refractivity contribution in [3.63, 3.8) is 0 Å². The average Bonchev–Trinajstić information content (AvgIpc) is 2.88. The molecule has 1 aliphatic rings. The average molecular weight is 340 g/mol. The van der Waals surface area contributed by atoms with E-state index in [9.17, 15) is 0 Å². The van der Waals surface area contributed by atoms with Crippen LogP contribution in [-0.4, -0.2) is 31.8 Å². The molecule has 0 saturated carbocycles. The molecule has 20 heavy (non-hydrogen) atoms. The molecule has 0 radical (unpaired) electrons. The second-order valence-corrected chi connectivity index (χ2v) is 6.22. The minimum Gasteiger partial charge on any atom is -0.373 e. The Balaban J connectivity index is 1.79. The van der Waals surface area contributed by atoms with Gasteiger partial charge in [0, 0.05) is 31.2 Å². The summed E-state index contributed by atoms with van der Waals surface area (Å²) in [6, 6.07) is 8.26. The van der Waals surface area contributed by atoms with Gasteiger partial charge in [-0.3, -0.25) is 4.99 Å². The molecule has 0 bridgehead atoms. The van der Waals surface area contributed by atoms with Crippen LogP contribution in [0.2, 0.25) is 0 Å². The molecule has 1 fully saturated rings. The second-order valence-electron chi connectivity index (χ2n) is 5.31. The van der Waals surface area contributed by atoms with E-state index in [0.29, 0.717) is 0 Å². The molecule has 1 unspecified atom stereocenters. The van der Waals surface area contributed by atoms with E-state index in [1.807, 2.05) is 12.1 Å². The standard InChI is InChI=1S/C15H22BrN3O/c1-15(8-3-9-20-15)11-19-14(17-2)18-10-12-4-6-13(16)7-5-12/h4-7H,3,8-11H2,1-2H3,(H2,17,18,19). The molecule has 0 aliphatic carbocycles. The summed E-state index contributed by atoms with van der Waals surface area (Å²) in [4.78, 5) is 4.24. The van der Waals surface area contributed by atoms with Crippen molar-refractivity contribution in [2.24, 2.45) is 4.99 Å². The van der Waals surface area contributed by atoms with Crippen molar-refractivity contribution in [2.45, 2.75) is 31.9 Å². The summed E-state index contributed by atoms with van der Waals surface area (Å²) in [5.41, 5.74) is 1.16. The molecule has 1 heterocycles. The van der Waals surface area contributed by atoms with Crippen LogP contribution in [0, 0.1) is 0 Å².